The topological polar surface area (TPSA) is 98.3 Å². The van der Waals surface area contributed by atoms with E-state index in [1.54, 1.807) is 30.3 Å². The molecule has 0 saturated carbocycles. The van der Waals surface area contributed by atoms with Gasteiger partial charge in [-0.15, -0.1) is 11.3 Å². The van der Waals surface area contributed by atoms with Gasteiger partial charge in [-0.25, -0.2) is 0 Å². The van der Waals surface area contributed by atoms with Crippen LogP contribution < -0.4 is 5.32 Å². The number of anilines is 1. The largest absolute Gasteiger partial charge is 0.494 e. The first-order valence-electron chi connectivity index (χ1n) is 9.02. The van der Waals surface area contributed by atoms with Crippen molar-refractivity contribution in [2.24, 2.45) is 0 Å². The smallest absolute Gasteiger partial charge is 0.265 e. The number of hydrogen-bond donors (Lipinski definition) is 3. The van der Waals surface area contributed by atoms with Crippen LogP contribution in [0.15, 0.2) is 54.6 Å². The van der Waals surface area contributed by atoms with Crippen molar-refractivity contribution in [2.75, 3.05) is 5.32 Å². The molecule has 8 heteroatoms. The maximum absolute atomic E-state index is 12.5. The first-order chi connectivity index (χ1) is 14.5. The third-order valence-corrected chi connectivity index (χ3v) is 5.96. The van der Waals surface area contributed by atoms with Gasteiger partial charge in [-0.05, 0) is 35.4 Å². The first kappa shape index (κ1) is 19.8. The van der Waals surface area contributed by atoms with Gasteiger partial charge in [0.2, 0.25) is 11.8 Å². The summed E-state index contributed by atoms with van der Waals surface area (Å²) in [6.07, 6.45) is 0.322. The Morgan fingerprint density at radius 1 is 1.07 bits per heavy atom. The number of nitriles is 1. The fourth-order valence-corrected chi connectivity index (χ4v) is 4.21. The molecule has 2 aromatic heterocycles. The normalized spacial score (nSPS) is 10.8. The summed E-state index contributed by atoms with van der Waals surface area (Å²) in [5.74, 6) is -0.596. The average Bonchev–Trinajstić information content (AvgIpc) is 3.27. The summed E-state index contributed by atoms with van der Waals surface area (Å²) in [5, 5.41) is 33.9. The van der Waals surface area contributed by atoms with E-state index in [2.05, 4.69) is 11.4 Å². The number of benzene rings is 2. The van der Waals surface area contributed by atoms with Crippen LogP contribution in [0.5, 0.6) is 11.8 Å². The second kappa shape index (κ2) is 8.11. The van der Waals surface area contributed by atoms with Gasteiger partial charge in [0.1, 0.15) is 0 Å². The molecule has 4 rings (SSSR count). The van der Waals surface area contributed by atoms with E-state index in [9.17, 15) is 15.0 Å². The Kier molecular flexibility index (Phi) is 5.36. The molecule has 0 aliphatic rings. The van der Waals surface area contributed by atoms with Crippen molar-refractivity contribution in [3.63, 3.8) is 0 Å². The molecule has 0 unspecified atom stereocenters. The predicted octanol–water partition coefficient (Wildman–Crippen LogP) is 5.13. The van der Waals surface area contributed by atoms with E-state index < -0.39 is 0 Å². The van der Waals surface area contributed by atoms with Crippen molar-refractivity contribution in [2.45, 2.75) is 13.0 Å². The molecule has 30 heavy (non-hydrogen) atoms. The van der Waals surface area contributed by atoms with E-state index >= 15 is 0 Å². The molecule has 4 aromatic rings. The Bertz CT molecular complexity index is 1290. The SMILES string of the molecule is N#CCc1ccc(Cn2c(O)c3cccc(NC(=O)c4ccc(Cl)s4)c3c2O)cc1. The molecule has 0 radical (unpaired) electrons. The van der Waals surface area contributed by atoms with Gasteiger partial charge >= 0.3 is 0 Å². The summed E-state index contributed by atoms with van der Waals surface area (Å²) in [6, 6.07) is 17.8. The van der Waals surface area contributed by atoms with Crippen molar-refractivity contribution in [1.82, 2.24) is 4.57 Å². The fourth-order valence-electron chi connectivity index (χ4n) is 3.27. The van der Waals surface area contributed by atoms with E-state index in [0.717, 1.165) is 22.5 Å². The van der Waals surface area contributed by atoms with Gasteiger partial charge in [-0.3, -0.25) is 9.36 Å². The lowest BCUT2D eigenvalue weighted by Crippen LogP contribution is -2.10. The van der Waals surface area contributed by atoms with Crippen molar-refractivity contribution >= 4 is 45.3 Å². The molecule has 3 N–H and O–H groups in total. The maximum atomic E-state index is 12.5. The van der Waals surface area contributed by atoms with Crippen LogP contribution in [0.25, 0.3) is 10.8 Å². The highest BCUT2D eigenvalue weighted by Gasteiger charge is 2.20. The van der Waals surface area contributed by atoms with Gasteiger partial charge in [0.15, 0.2) is 0 Å². The van der Waals surface area contributed by atoms with Gasteiger partial charge < -0.3 is 15.5 Å². The Balaban J connectivity index is 1.68. The van der Waals surface area contributed by atoms with Crippen molar-refractivity contribution in [3.05, 3.63) is 74.9 Å². The third-order valence-electron chi connectivity index (χ3n) is 4.73. The van der Waals surface area contributed by atoms with E-state index in [1.165, 1.54) is 4.57 Å². The second-order valence-electron chi connectivity index (χ2n) is 6.67. The average molecular weight is 438 g/mol. The number of aromatic nitrogens is 1. The van der Waals surface area contributed by atoms with Gasteiger partial charge in [0.25, 0.3) is 5.91 Å². The van der Waals surface area contributed by atoms with Crippen molar-refractivity contribution < 1.29 is 15.0 Å². The monoisotopic (exact) mass is 437 g/mol. The lowest BCUT2D eigenvalue weighted by molar-refractivity contribution is 0.103. The van der Waals surface area contributed by atoms with E-state index in [4.69, 9.17) is 16.9 Å². The number of carbonyl (C=O) groups is 1. The van der Waals surface area contributed by atoms with E-state index in [1.807, 2.05) is 24.3 Å². The molecule has 0 aliphatic carbocycles. The molecule has 1 amide bonds. The summed E-state index contributed by atoms with van der Waals surface area (Å²) < 4.78 is 1.88. The molecule has 0 fully saturated rings. The van der Waals surface area contributed by atoms with Crippen LogP contribution in [0.3, 0.4) is 0 Å². The molecule has 0 spiro atoms. The summed E-state index contributed by atoms with van der Waals surface area (Å²) in [5.41, 5.74) is 2.13. The Labute approximate surface area is 181 Å². The number of carbonyl (C=O) groups excluding carboxylic acids is 1. The second-order valence-corrected chi connectivity index (χ2v) is 8.39. The highest BCUT2D eigenvalue weighted by atomic mass is 35.5. The standard InChI is InChI=1S/C22H16ClN3O3S/c23-18-9-8-17(30-18)20(27)25-16-3-1-2-15-19(16)22(29)26(21(15)28)12-14-6-4-13(5-7-14)10-11-24/h1-9,28-29H,10,12H2,(H,25,27). The predicted molar refractivity (Wildman–Crippen MR) is 117 cm³/mol. The zero-order valence-electron chi connectivity index (χ0n) is 15.6. The van der Waals surface area contributed by atoms with Crippen molar-refractivity contribution in [1.29, 1.82) is 5.26 Å². The Morgan fingerprint density at radius 2 is 1.80 bits per heavy atom. The van der Waals surface area contributed by atoms with Gasteiger partial charge in [0.05, 0.1) is 39.3 Å². The van der Waals surface area contributed by atoms with Gasteiger partial charge in [0, 0.05) is 5.39 Å². The lowest BCUT2D eigenvalue weighted by atomic mass is 10.1. The maximum Gasteiger partial charge on any atom is 0.265 e. The molecular weight excluding hydrogens is 422 g/mol. The number of amides is 1. The Morgan fingerprint density at radius 3 is 2.47 bits per heavy atom. The number of rotatable bonds is 5. The summed E-state index contributed by atoms with van der Waals surface area (Å²) in [6.45, 7) is 0.229. The molecule has 2 aromatic carbocycles. The summed E-state index contributed by atoms with van der Waals surface area (Å²) in [7, 11) is 0. The quantitative estimate of drug-likeness (QED) is 0.403. The molecule has 0 bridgehead atoms. The number of fused-ring (bicyclic) bond motifs is 1. The molecule has 0 atom stereocenters. The number of hydrogen-bond acceptors (Lipinski definition) is 5. The van der Waals surface area contributed by atoms with Crippen molar-refractivity contribution in [3.8, 4) is 17.8 Å². The minimum Gasteiger partial charge on any atom is -0.494 e. The summed E-state index contributed by atoms with van der Waals surface area (Å²) in [4.78, 5) is 13.0. The number of thiophene rings is 1. The van der Waals surface area contributed by atoms with Crippen LogP contribution in [0, 0.1) is 11.3 Å². The minimum atomic E-state index is -0.348. The molecule has 0 aliphatic heterocycles. The number of nitrogens with one attached hydrogen (secondary N) is 1. The van der Waals surface area contributed by atoms with Crippen LogP contribution in [-0.4, -0.2) is 20.7 Å². The fraction of sp³-hybridized carbons (Fsp3) is 0.0909. The minimum absolute atomic E-state index is 0.0983. The molecule has 6 nitrogen and oxygen atoms in total. The molecule has 150 valence electrons. The lowest BCUT2D eigenvalue weighted by Gasteiger charge is -2.08. The first-order valence-corrected chi connectivity index (χ1v) is 10.2. The van der Waals surface area contributed by atoms with Crippen LogP contribution in [0.1, 0.15) is 20.8 Å². The number of aromatic hydroxyl groups is 2. The van der Waals surface area contributed by atoms with E-state index in [-0.39, 0.29) is 24.2 Å². The molecule has 0 saturated heterocycles. The zero-order valence-corrected chi connectivity index (χ0v) is 17.2. The third kappa shape index (κ3) is 3.71. The van der Waals surface area contributed by atoms with Crippen LogP contribution >= 0.6 is 22.9 Å². The van der Waals surface area contributed by atoms with Crippen LogP contribution in [0.4, 0.5) is 5.69 Å². The number of halogens is 1. The van der Waals surface area contributed by atoms with E-state index in [0.29, 0.717) is 32.1 Å². The van der Waals surface area contributed by atoms with Crippen LogP contribution in [-0.2, 0) is 13.0 Å². The highest BCUT2D eigenvalue weighted by molar-refractivity contribution is 7.18. The highest BCUT2D eigenvalue weighted by Crippen LogP contribution is 2.41. The summed E-state index contributed by atoms with van der Waals surface area (Å²) >= 11 is 7.06. The van der Waals surface area contributed by atoms with Gasteiger partial charge in [-0.1, -0.05) is 41.9 Å². The Hall–Kier alpha value is -3.47. The zero-order chi connectivity index (χ0) is 21.3. The number of nitrogens with zero attached hydrogens (tertiary/aromatic N) is 2. The molecular formula is C22H16ClN3O3S. The van der Waals surface area contributed by atoms with Crippen LogP contribution in [0.2, 0.25) is 4.34 Å². The molecule has 2 heterocycles. The van der Waals surface area contributed by atoms with Gasteiger partial charge in [-0.2, -0.15) is 5.26 Å².